The van der Waals surface area contributed by atoms with E-state index in [1.54, 1.807) is 0 Å². The van der Waals surface area contributed by atoms with Crippen molar-refractivity contribution in [2.45, 2.75) is 0 Å². The van der Waals surface area contributed by atoms with Crippen LogP contribution in [0.3, 0.4) is 0 Å². The first-order chi connectivity index (χ1) is 27.3. The number of nitrogens with zero attached hydrogens (tertiary/aromatic N) is 3. The van der Waals surface area contributed by atoms with Gasteiger partial charge in [0.25, 0.3) is 0 Å². The molecular formula is C49H31N3O2S. The minimum atomic E-state index is 0.563. The summed E-state index contributed by atoms with van der Waals surface area (Å²) < 4.78 is 15.9. The Hall–Kier alpha value is -7.15. The number of benzene rings is 8. The summed E-state index contributed by atoms with van der Waals surface area (Å²) in [5, 5.41) is 4.61. The van der Waals surface area contributed by atoms with Crippen molar-refractivity contribution in [3.63, 3.8) is 0 Å². The van der Waals surface area contributed by atoms with Gasteiger partial charge in [-0.3, -0.25) is 0 Å². The molecule has 0 N–H and O–H groups in total. The van der Waals surface area contributed by atoms with Crippen molar-refractivity contribution in [1.29, 1.82) is 0 Å². The predicted octanol–water partition coefficient (Wildman–Crippen LogP) is 14.7. The monoisotopic (exact) mass is 725 g/mol. The number of rotatable bonds is 7. The van der Waals surface area contributed by atoms with Gasteiger partial charge in [-0.25, -0.2) is 4.98 Å². The third-order valence-corrected chi connectivity index (χ3v) is 11.5. The van der Waals surface area contributed by atoms with Crippen LogP contribution in [0, 0.1) is 0 Å². The number of anilines is 6. The zero-order valence-corrected chi connectivity index (χ0v) is 30.3. The average molecular weight is 726 g/mol. The molecular weight excluding hydrogens is 695 g/mol. The van der Waals surface area contributed by atoms with Crippen molar-refractivity contribution in [3.8, 4) is 11.5 Å². The van der Waals surface area contributed by atoms with Crippen molar-refractivity contribution in [3.05, 3.63) is 188 Å². The number of hydrogen-bond acceptors (Lipinski definition) is 6. The van der Waals surface area contributed by atoms with E-state index in [2.05, 4.69) is 149 Å². The lowest BCUT2D eigenvalue weighted by Crippen LogP contribution is -2.14. The Morgan fingerprint density at radius 3 is 1.82 bits per heavy atom. The van der Waals surface area contributed by atoms with Gasteiger partial charge in [-0.2, -0.15) is 0 Å². The fourth-order valence-corrected chi connectivity index (χ4v) is 9.01. The number of para-hydroxylation sites is 4. The van der Waals surface area contributed by atoms with E-state index in [4.69, 9.17) is 13.8 Å². The van der Waals surface area contributed by atoms with Crippen LogP contribution >= 0.6 is 11.3 Å². The highest BCUT2D eigenvalue weighted by Crippen LogP contribution is 2.50. The minimum absolute atomic E-state index is 0.563. The van der Waals surface area contributed by atoms with E-state index in [1.807, 2.05) is 59.9 Å². The SMILES string of the molecule is c1ccc(-c2nc3c(N(c4ccccc4)c4cccc5c4sc4ccccc45)cc(N(c4ccccc4)c4cccc5c4oc4ccccc45)cc3o2)cc1. The summed E-state index contributed by atoms with van der Waals surface area (Å²) in [5.41, 5.74) is 9.81. The molecule has 0 radical (unpaired) electrons. The summed E-state index contributed by atoms with van der Waals surface area (Å²) in [4.78, 5) is 9.86. The Morgan fingerprint density at radius 2 is 1.04 bits per heavy atom. The molecule has 0 amide bonds. The molecule has 0 spiro atoms. The van der Waals surface area contributed by atoms with Gasteiger partial charge in [-0.1, -0.05) is 115 Å². The van der Waals surface area contributed by atoms with Gasteiger partial charge >= 0.3 is 0 Å². The minimum Gasteiger partial charge on any atom is -0.454 e. The van der Waals surface area contributed by atoms with E-state index >= 15 is 0 Å². The maximum absolute atomic E-state index is 6.76. The molecule has 0 saturated carbocycles. The molecule has 0 fully saturated rings. The van der Waals surface area contributed by atoms with Crippen molar-refractivity contribution < 1.29 is 8.83 Å². The van der Waals surface area contributed by atoms with Crippen LogP contribution in [0.5, 0.6) is 0 Å². The van der Waals surface area contributed by atoms with Gasteiger partial charge in [0.15, 0.2) is 11.2 Å². The normalized spacial score (nSPS) is 11.6. The Balaban J connectivity index is 1.23. The Bertz CT molecular complexity index is 3170. The molecule has 0 aliphatic carbocycles. The lowest BCUT2D eigenvalue weighted by atomic mass is 10.1. The zero-order valence-electron chi connectivity index (χ0n) is 29.5. The molecule has 0 aliphatic rings. The van der Waals surface area contributed by atoms with Gasteiger partial charge in [0.2, 0.25) is 5.89 Å². The van der Waals surface area contributed by atoms with Gasteiger partial charge in [0.05, 0.1) is 27.4 Å². The lowest BCUT2D eigenvalue weighted by molar-refractivity contribution is 0.620. The highest BCUT2D eigenvalue weighted by Gasteiger charge is 2.27. The summed E-state index contributed by atoms with van der Waals surface area (Å²) in [6, 6.07) is 65.3. The van der Waals surface area contributed by atoms with Crippen LogP contribution in [0.25, 0.3) is 64.7 Å². The first-order valence-corrected chi connectivity index (χ1v) is 19.1. The summed E-state index contributed by atoms with van der Waals surface area (Å²) in [6.07, 6.45) is 0. The smallest absolute Gasteiger partial charge is 0.227 e. The summed E-state index contributed by atoms with van der Waals surface area (Å²) in [7, 11) is 0. The molecule has 55 heavy (non-hydrogen) atoms. The van der Waals surface area contributed by atoms with Gasteiger partial charge in [0.1, 0.15) is 11.1 Å². The number of oxazole rings is 1. The first-order valence-electron chi connectivity index (χ1n) is 18.3. The second-order valence-corrected chi connectivity index (χ2v) is 14.6. The van der Waals surface area contributed by atoms with Crippen LogP contribution in [0.2, 0.25) is 0 Å². The second-order valence-electron chi connectivity index (χ2n) is 13.5. The van der Waals surface area contributed by atoms with E-state index in [0.717, 1.165) is 67.1 Å². The predicted molar refractivity (Wildman–Crippen MR) is 229 cm³/mol. The van der Waals surface area contributed by atoms with Gasteiger partial charge in [-0.15, -0.1) is 11.3 Å². The average Bonchev–Trinajstić information content (AvgIpc) is 3.97. The number of thiophene rings is 1. The largest absolute Gasteiger partial charge is 0.454 e. The third kappa shape index (κ3) is 5.18. The topological polar surface area (TPSA) is 45.7 Å². The number of furan rings is 1. The number of aromatic nitrogens is 1. The van der Waals surface area contributed by atoms with Gasteiger partial charge in [0, 0.05) is 49.2 Å². The van der Waals surface area contributed by atoms with Crippen LogP contribution in [-0.4, -0.2) is 4.98 Å². The fourth-order valence-electron chi connectivity index (χ4n) is 7.81. The quantitative estimate of drug-likeness (QED) is 0.164. The van der Waals surface area contributed by atoms with Crippen molar-refractivity contribution in [2.24, 2.45) is 0 Å². The van der Waals surface area contributed by atoms with E-state index in [9.17, 15) is 0 Å². The molecule has 0 atom stereocenters. The Kier molecular flexibility index (Phi) is 7.28. The van der Waals surface area contributed by atoms with Gasteiger partial charge < -0.3 is 18.6 Å². The van der Waals surface area contributed by atoms with E-state index < -0.39 is 0 Å². The van der Waals surface area contributed by atoms with Crippen LogP contribution in [-0.2, 0) is 0 Å². The molecule has 3 aromatic heterocycles. The molecule has 11 rings (SSSR count). The highest BCUT2D eigenvalue weighted by molar-refractivity contribution is 7.26. The molecule has 0 saturated heterocycles. The van der Waals surface area contributed by atoms with Crippen LogP contribution in [0.1, 0.15) is 0 Å². The molecule has 11 aromatic rings. The molecule has 0 aliphatic heterocycles. The fraction of sp³-hybridized carbons (Fsp3) is 0. The lowest BCUT2D eigenvalue weighted by Gasteiger charge is -2.29. The molecule has 0 bridgehead atoms. The van der Waals surface area contributed by atoms with E-state index in [-0.39, 0.29) is 0 Å². The van der Waals surface area contributed by atoms with Crippen LogP contribution in [0.15, 0.2) is 197 Å². The van der Waals surface area contributed by atoms with Crippen LogP contribution < -0.4 is 9.80 Å². The van der Waals surface area contributed by atoms with Gasteiger partial charge in [-0.05, 0) is 66.7 Å². The van der Waals surface area contributed by atoms with Crippen molar-refractivity contribution in [2.75, 3.05) is 9.80 Å². The molecule has 5 nitrogen and oxygen atoms in total. The summed E-state index contributed by atoms with van der Waals surface area (Å²) in [5.74, 6) is 0.563. The van der Waals surface area contributed by atoms with Crippen molar-refractivity contribution in [1.82, 2.24) is 4.98 Å². The zero-order chi connectivity index (χ0) is 36.3. The number of fused-ring (bicyclic) bond motifs is 7. The Labute approximate surface area is 320 Å². The maximum Gasteiger partial charge on any atom is 0.227 e. The number of hydrogen-bond donors (Lipinski definition) is 0. The summed E-state index contributed by atoms with van der Waals surface area (Å²) in [6.45, 7) is 0. The standard InChI is InChI=1S/C49H31N3O2S/c1-4-16-32(17-5-1)49-50-46-42(52(34-20-8-3-9-21-34)41-27-15-25-39-37-23-11-13-29-45(37)55-48(39)41)30-35(31-44(46)54-49)51(33-18-6-2-7-19-33)40-26-14-24-38-36-22-10-12-28-43(36)53-47(38)40/h1-31H. The van der Waals surface area contributed by atoms with Crippen LogP contribution in [0.4, 0.5) is 34.1 Å². The van der Waals surface area contributed by atoms with E-state index in [1.165, 1.54) is 20.2 Å². The Morgan fingerprint density at radius 1 is 0.418 bits per heavy atom. The molecule has 260 valence electrons. The maximum atomic E-state index is 6.76. The molecule has 6 heteroatoms. The molecule has 8 aromatic carbocycles. The van der Waals surface area contributed by atoms with E-state index in [0.29, 0.717) is 11.5 Å². The molecule has 0 unspecified atom stereocenters. The summed E-state index contributed by atoms with van der Waals surface area (Å²) >= 11 is 1.81. The second kappa shape index (κ2) is 12.8. The highest BCUT2D eigenvalue weighted by atomic mass is 32.1. The van der Waals surface area contributed by atoms with Crippen molar-refractivity contribution >= 4 is 98.7 Å². The third-order valence-electron chi connectivity index (χ3n) is 10.3. The molecule has 3 heterocycles. The first kappa shape index (κ1) is 31.4.